The highest BCUT2D eigenvalue weighted by Gasteiger charge is 2.21. The van der Waals surface area contributed by atoms with Crippen molar-refractivity contribution in [1.29, 1.82) is 0 Å². The van der Waals surface area contributed by atoms with Crippen LogP contribution in [0.2, 0.25) is 0 Å². The van der Waals surface area contributed by atoms with Crippen LogP contribution in [0, 0.1) is 13.8 Å². The molecule has 110 valence electrons. The molecular formula is C16H18N2O2S. The lowest BCUT2D eigenvalue weighted by atomic mass is 10.0. The van der Waals surface area contributed by atoms with Crippen LogP contribution in [-0.4, -0.2) is 35.7 Å². The van der Waals surface area contributed by atoms with Crippen molar-refractivity contribution < 1.29 is 9.53 Å². The molecule has 0 radical (unpaired) electrons. The molecule has 5 heteroatoms. The Labute approximate surface area is 128 Å². The predicted octanol–water partition coefficient (Wildman–Crippen LogP) is 3.42. The molecule has 1 saturated heterocycles. The number of carbonyl (C=O) groups excluding carboxylic acids is 1. The first-order valence-electron chi connectivity index (χ1n) is 7.07. The Morgan fingerprint density at radius 1 is 1.38 bits per heavy atom. The zero-order chi connectivity index (χ0) is 14.8. The summed E-state index contributed by atoms with van der Waals surface area (Å²) in [5.74, 6) is 0. The van der Waals surface area contributed by atoms with Crippen molar-refractivity contribution in [2.24, 2.45) is 0 Å². The number of cyclic esters (lactones) is 1. The molecule has 3 rings (SSSR count). The zero-order valence-electron chi connectivity index (χ0n) is 12.3. The average molecular weight is 302 g/mol. The van der Waals surface area contributed by atoms with Gasteiger partial charge in [-0.05, 0) is 25.5 Å². The Morgan fingerprint density at radius 3 is 3.00 bits per heavy atom. The summed E-state index contributed by atoms with van der Waals surface area (Å²) in [5, 5.41) is 3.16. The maximum Gasteiger partial charge on any atom is 0.409 e. The van der Waals surface area contributed by atoms with Crippen LogP contribution >= 0.6 is 11.3 Å². The minimum Gasteiger partial charge on any atom is -0.448 e. The molecule has 0 N–H and O–H groups in total. The number of amides is 1. The van der Waals surface area contributed by atoms with Gasteiger partial charge >= 0.3 is 6.09 Å². The highest BCUT2D eigenvalue weighted by Crippen LogP contribution is 2.26. The lowest BCUT2D eigenvalue weighted by molar-refractivity contribution is 0.159. The van der Waals surface area contributed by atoms with Gasteiger partial charge in [-0.3, -0.25) is 0 Å². The van der Waals surface area contributed by atoms with Crippen LogP contribution in [0.1, 0.15) is 16.1 Å². The van der Waals surface area contributed by atoms with Gasteiger partial charge in [0.15, 0.2) is 0 Å². The molecule has 1 aromatic heterocycles. The van der Waals surface area contributed by atoms with E-state index in [0.717, 1.165) is 17.1 Å². The van der Waals surface area contributed by atoms with Gasteiger partial charge in [0.05, 0.1) is 17.2 Å². The summed E-state index contributed by atoms with van der Waals surface area (Å²) < 4.78 is 4.93. The summed E-state index contributed by atoms with van der Waals surface area (Å²) in [4.78, 5) is 17.8. The first-order valence-corrected chi connectivity index (χ1v) is 7.95. The number of aromatic nitrogens is 1. The molecule has 0 aliphatic carbocycles. The maximum atomic E-state index is 11.4. The quantitative estimate of drug-likeness (QED) is 0.869. The van der Waals surface area contributed by atoms with Crippen LogP contribution in [0.5, 0.6) is 0 Å². The molecule has 21 heavy (non-hydrogen) atoms. The number of nitrogens with zero attached hydrogens (tertiary/aromatic N) is 2. The summed E-state index contributed by atoms with van der Waals surface area (Å²) in [7, 11) is 0. The first-order chi connectivity index (χ1) is 10.1. The number of benzene rings is 1. The molecule has 1 aromatic carbocycles. The third-order valence-corrected chi connectivity index (χ3v) is 4.57. The molecule has 4 nitrogen and oxygen atoms in total. The van der Waals surface area contributed by atoms with Crippen LogP contribution in [-0.2, 0) is 11.2 Å². The summed E-state index contributed by atoms with van der Waals surface area (Å²) >= 11 is 1.65. The zero-order valence-corrected chi connectivity index (χ0v) is 13.1. The monoisotopic (exact) mass is 302 g/mol. The summed E-state index contributed by atoms with van der Waals surface area (Å²) in [6, 6.07) is 6.42. The molecule has 0 unspecified atom stereocenters. The van der Waals surface area contributed by atoms with Gasteiger partial charge in [0.2, 0.25) is 0 Å². The number of hydrogen-bond donors (Lipinski definition) is 0. The van der Waals surface area contributed by atoms with Crippen molar-refractivity contribution in [2.45, 2.75) is 20.3 Å². The van der Waals surface area contributed by atoms with Crippen LogP contribution in [0.4, 0.5) is 4.79 Å². The number of hydrogen-bond acceptors (Lipinski definition) is 4. The van der Waals surface area contributed by atoms with Gasteiger partial charge in [0.1, 0.15) is 6.61 Å². The molecule has 1 fully saturated rings. The second-order valence-corrected chi connectivity index (χ2v) is 6.24. The van der Waals surface area contributed by atoms with E-state index in [0.29, 0.717) is 19.7 Å². The Bertz CT molecular complexity index is 666. The predicted molar refractivity (Wildman–Crippen MR) is 83.6 cm³/mol. The number of thiazole rings is 1. The van der Waals surface area contributed by atoms with Crippen LogP contribution in [0.15, 0.2) is 23.6 Å². The lowest BCUT2D eigenvalue weighted by Crippen LogP contribution is -2.26. The Morgan fingerprint density at radius 2 is 2.24 bits per heavy atom. The molecule has 1 aliphatic rings. The van der Waals surface area contributed by atoms with Crippen LogP contribution in [0.3, 0.4) is 0 Å². The van der Waals surface area contributed by atoms with E-state index in [1.54, 1.807) is 16.2 Å². The second-order valence-electron chi connectivity index (χ2n) is 5.30. The normalized spacial score (nSPS) is 14.6. The fourth-order valence-electron chi connectivity index (χ4n) is 2.42. The van der Waals surface area contributed by atoms with Gasteiger partial charge in [0.25, 0.3) is 0 Å². The van der Waals surface area contributed by atoms with E-state index in [1.807, 2.05) is 0 Å². The van der Waals surface area contributed by atoms with Crippen molar-refractivity contribution in [3.8, 4) is 11.3 Å². The third-order valence-electron chi connectivity index (χ3n) is 3.66. The van der Waals surface area contributed by atoms with Gasteiger partial charge in [-0.25, -0.2) is 9.78 Å². The highest BCUT2D eigenvalue weighted by atomic mass is 32.1. The van der Waals surface area contributed by atoms with E-state index < -0.39 is 0 Å². The summed E-state index contributed by atoms with van der Waals surface area (Å²) in [6.07, 6.45) is 0.575. The standard InChI is InChI=1S/C16H18N2O2S/c1-11-3-4-12(2)13(9-11)14-10-21-15(17-14)5-6-18-7-8-20-16(18)19/h3-4,9-10H,5-8H2,1-2H3. The van der Waals surface area contributed by atoms with Crippen molar-refractivity contribution in [3.05, 3.63) is 39.7 Å². The Hall–Kier alpha value is -1.88. The topological polar surface area (TPSA) is 42.4 Å². The molecule has 2 aromatic rings. The molecule has 0 spiro atoms. The van der Waals surface area contributed by atoms with Gasteiger partial charge < -0.3 is 9.64 Å². The van der Waals surface area contributed by atoms with Crippen LogP contribution < -0.4 is 0 Å². The Balaban J connectivity index is 1.71. The second kappa shape index (κ2) is 5.85. The molecule has 0 atom stereocenters. The number of rotatable bonds is 4. The molecule has 0 saturated carbocycles. The lowest BCUT2D eigenvalue weighted by Gasteiger charge is -2.10. The fraction of sp³-hybridized carbons (Fsp3) is 0.375. The minimum absolute atomic E-state index is 0.207. The summed E-state index contributed by atoms with van der Waals surface area (Å²) in [5.41, 5.74) is 4.70. The first kappa shape index (κ1) is 14.1. The van der Waals surface area contributed by atoms with E-state index in [1.165, 1.54) is 16.7 Å². The number of ether oxygens (including phenoxy) is 1. The van der Waals surface area contributed by atoms with E-state index in [2.05, 4.69) is 37.4 Å². The fourth-order valence-corrected chi connectivity index (χ4v) is 3.21. The smallest absolute Gasteiger partial charge is 0.409 e. The average Bonchev–Trinajstić information content (AvgIpc) is 3.08. The molecule has 0 bridgehead atoms. The number of carbonyl (C=O) groups is 1. The van der Waals surface area contributed by atoms with Crippen molar-refractivity contribution in [2.75, 3.05) is 19.7 Å². The van der Waals surface area contributed by atoms with E-state index in [4.69, 9.17) is 9.72 Å². The largest absolute Gasteiger partial charge is 0.448 e. The molecule has 1 aliphatic heterocycles. The van der Waals surface area contributed by atoms with E-state index >= 15 is 0 Å². The molecular weight excluding hydrogens is 284 g/mol. The maximum absolute atomic E-state index is 11.4. The van der Waals surface area contributed by atoms with Gasteiger partial charge in [-0.1, -0.05) is 17.7 Å². The van der Waals surface area contributed by atoms with Gasteiger partial charge in [-0.15, -0.1) is 11.3 Å². The van der Waals surface area contributed by atoms with Gasteiger partial charge in [0, 0.05) is 23.9 Å². The van der Waals surface area contributed by atoms with Crippen molar-refractivity contribution >= 4 is 17.4 Å². The SMILES string of the molecule is Cc1ccc(C)c(-c2csc(CCN3CCOC3=O)n2)c1. The van der Waals surface area contributed by atoms with E-state index in [-0.39, 0.29) is 6.09 Å². The third kappa shape index (κ3) is 3.08. The molecule has 1 amide bonds. The highest BCUT2D eigenvalue weighted by molar-refractivity contribution is 7.09. The molecule has 2 heterocycles. The number of aryl methyl sites for hydroxylation is 2. The van der Waals surface area contributed by atoms with Crippen molar-refractivity contribution in [1.82, 2.24) is 9.88 Å². The summed E-state index contributed by atoms with van der Waals surface area (Å²) in [6.45, 7) is 6.07. The van der Waals surface area contributed by atoms with E-state index in [9.17, 15) is 4.79 Å². The Kier molecular flexibility index (Phi) is 3.92. The van der Waals surface area contributed by atoms with Crippen LogP contribution in [0.25, 0.3) is 11.3 Å². The van der Waals surface area contributed by atoms with Crippen molar-refractivity contribution in [3.63, 3.8) is 0 Å². The minimum atomic E-state index is -0.207. The van der Waals surface area contributed by atoms with Gasteiger partial charge in [-0.2, -0.15) is 0 Å².